The van der Waals surface area contributed by atoms with E-state index in [1.54, 1.807) is 12.3 Å². The lowest BCUT2D eigenvalue weighted by Gasteiger charge is -2.23. The van der Waals surface area contributed by atoms with E-state index in [1.165, 1.54) is 12.4 Å². The molecule has 0 aliphatic carbocycles. The number of nitrogens with two attached hydrogens (primary N) is 2. The predicted molar refractivity (Wildman–Crippen MR) is 132 cm³/mol. The van der Waals surface area contributed by atoms with Gasteiger partial charge < -0.3 is 37.0 Å². The van der Waals surface area contributed by atoms with Crippen LogP contribution in [0.5, 0.6) is 0 Å². The van der Waals surface area contributed by atoms with Gasteiger partial charge in [-0.1, -0.05) is 13.8 Å². The number of nitrogens with zero attached hydrogens (tertiary/aromatic N) is 2. The molecule has 0 aromatic heterocycles. The van der Waals surface area contributed by atoms with Gasteiger partial charge in [-0.3, -0.25) is 4.99 Å². The quantitative estimate of drug-likeness (QED) is 0.269. The van der Waals surface area contributed by atoms with E-state index in [0.717, 1.165) is 47.7 Å². The molecule has 0 bridgehead atoms. The summed E-state index contributed by atoms with van der Waals surface area (Å²) in [5.41, 5.74) is 16.2. The molecule has 33 heavy (non-hydrogen) atoms. The van der Waals surface area contributed by atoms with E-state index in [2.05, 4.69) is 20.6 Å². The minimum Gasteiger partial charge on any atom is -0.404 e. The average molecular weight is 452 g/mol. The maximum atomic E-state index is 7.51. The minimum atomic E-state index is -0.179. The topological polar surface area (TPSA) is 143 Å². The van der Waals surface area contributed by atoms with Gasteiger partial charge in [0.1, 0.15) is 11.7 Å². The first kappa shape index (κ1) is 24.2. The minimum absolute atomic E-state index is 0.179. The van der Waals surface area contributed by atoms with Crippen molar-refractivity contribution < 1.29 is 9.47 Å². The lowest BCUT2D eigenvalue weighted by Crippen LogP contribution is -2.27. The summed E-state index contributed by atoms with van der Waals surface area (Å²) >= 11 is 0. The van der Waals surface area contributed by atoms with Crippen molar-refractivity contribution in [3.05, 3.63) is 70.6 Å². The first-order valence-electron chi connectivity index (χ1n) is 11.1. The van der Waals surface area contributed by atoms with Crippen LogP contribution in [0.3, 0.4) is 0 Å². The van der Waals surface area contributed by atoms with Gasteiger partial charge in [-0.15, -0.1) is 0 Å². The van der Waals surface area contributed by atoms with E-state index >= 15 is 0 Å². The third kappa shape index (κ3) is 7.03. The smallest absolute Gasteiger partial charge is 0.159 e. The standard InChI is InChI=1S/C24H33N7O2/c1-16(2)17(12-25)11-22(27)31-23-5-4-20-21(30-23)10-18(15-29-20)19(13-26)14-28-7-6-24-32-8-3-9-33-24/h4-5,10-16,24-25,29-30H,3,6-9,26H2,1-2H3,(H2,27,31). The SMILES string of the molecule is CC(C)C(C=N)=CC(N)=NC1=CC=C2NC=C(C(C=NCCC3OCCCO3)=CN)C=C2N1. The van der Waals surface area contributed by atoms with Gasteiger partial charge in [0.25, 0.3) is 0 Å². The Bertz CT molecular complexity index is 975. The van der Waals surface area contributed by atoms with Gasteiger partial charge in [-0.05, 0) is 42.2 Å². The summed E-state index contributed by atoms with van der Waals surface area (Å²) in [7, 11) is 0. The van der Waals surface area contributed by atoms with Crippen LogP contribution in [0.25, 0.3) is 0 Å². The van der Waals surface area contributed by atoms with Crippen molar-refractivity contribution in [2.75, 3.05) is 19.8 Å². The summed E-state index contributed by atoms with van der Waals surface area (Å²) in [6.45, 7) is 6.08. The molecule has 3 aliphatic rings. The van der Waals surface area contributed by atoms with E-state index < -0.39 is 0 Å². The summed E-state index contributed by atoms with van der Waals surface area (Å²) in [5.74, 6) is 1.13. The number of aliphatic imine (C=N–C) groups is 2. The molecule has 1 fully saturated rings. The van der Waals surface area contributed by atoms with Gasteiger partial charge in [0, 0.05) is 48.9 Å². The lowest BCUT2D eigenvalue weighted by atomic mass is 10.0. The molecule has 0 radical (unpaired) electrons. The van der Waals surface area contributed by atoms with Crippen LogP contribution in [-0.4, -0.2) is 44.3 Å². The fourth-order valence-corrected chi connectivity index (χ4v) is 3.30. The monoisotopic (exact) mass is 451 g/mol. The lowest BCUT2D eigenvalue weighted by molar-refractivity contribution is -0.179. The normalized spacial score (nSPS) is 20.4. The van der Waals surface area contributed by atoms with Crippen molar-refractivity contribution in [2.24, 2.45) is 27.4 Å². The second-order valence-electron chi connectivity index (χ2n) is 8.01. The van der Waals surface area contributed by atoms with Gasteiger partial charge in [0.15, 0.2) is 6.29 Å². The average Bonchev–Trinajstić information content (AvgIpc) is 2.82. The van der Waals surface area contributed by atoms with Crippen molar-refractivity contribution in [1.29, 1.82) is 5.41 Å². The van der Waals surface area contributed by atoms with Crippen LogP contribution in [0.15, 0.2) is 80.6 Å². The molecule has 0 saturated carbocycles. The number of amidine groups is 1. The molecular weight excluding hydrogens is 418 g/mol. The van der Waals surface area contributed by atoms with Gasteiger partial charge in [0.2, 0.25) is 0 Å². The molecule has 3 rings (SSSR count). The highest BCUT2D eigenvalue weighted by molar-refractivity contribution is 5.97. The Balaban J connectivity index is 1.63. The Kier molecular flexibility index (Phi) is 8.79. The third-order valence-electron chi connectivity index (χ3n) is 5.17. The Hall–Kier alpha value is -3.43. The van der Waals surface area contributed by atoms with Crippen LogP contribution in [0.1, 0.15) is 26.7 Å². The summed E-state index contributed by atoms with van der Waals surface area (Å²) in [6, 6.07) is 0. The van der Waals surface area contributed by atoms with Crippen molar-refractivity contribution in [2.45, 2.75) is 33.0 Å². The van der Waals surface area contributed by atoms with Crippen molar-refractivity contribution >= 4 is 18.3 Å². The summed E-state index contributed by atoms with van der Waals surface area (Å²) < 4.78 is 11.1. The van der Waals surface area contributed by atoms with Crippen LogP contribution in [0.4, 0.5) is 0 Å². The number of ether oxygens (including phenoxy) is 2. The Morgan fingerprint density at radius 3 is 2.76 bits per heavy atom. The third-order valence-corrected chi connectivity index (χ3v) is 5.17. The molecule has 0 aromatic rings. The molecule has 9 nitrogen and oxygen atoms in total. The van der Waals surface area contributed by atoms with Crippen LogP contribution in [0.2, 0.25) is 0 Å². The Morgan fingerprint density at radius 2 is 2.06 bits per heavy atom. The molecule has 7 N–H and O–H groups in total. The second-order valence-corrected chi connectivity index (χ2v) is 8.01. The van der Waals surface area contributed by atoms with Crippen molar-refractivity contribution in [3.8, 4) is 0 Å². The second kappa shape index (κ2) is 12.0. The van der Waals surface area contributed by atoms with Crippen molar-refractivity contribution in [3.63, 3.8) is 0 Å². The van der Waals surface area contributed by atoms with Crippen LogP contribution < -0.4 is 22.1 Å². The Labute approximate surface area is 194 Å². The van der Waals surface area contributed by atoms with Gasteiger partial charge in [0.05, 0.1) is 24.6 Å². The number of hydrogen-bond acceptors (Lipinski definition) is 8. The molecule has 176 valence electrons. The van der Waals surface area contributed by atoms with Gasteiger partial charge in [-0.2, -0.15) is 0 Å². The molecule has 1 saturated heterocycles. The summed E-state index contributed by atoms with van der Waals surface area (Å²) in [4.78, 5) is 8.91. The van der Waals surface area contributed by atoms with E-state index in [1.807, 2.05) is 38.3 Å². The fraction of sp³-hybridized carbons (Fsp3) is 0.375. The van der Waals surface area contributed by atoms with E-state index in [4.69, 9.17) is 26.4 Å². The highest BCUT2D eigenvalue weighted by Crippen LogP contribution is 2.22. The summed E-state index contributed by atoms with van der Waals surface area (Å²) in [6.07, 6.45) is 15.4. The number of allylic oxidation sites excluding steroid dienone is 6. The van der Waals surface area contributed by atoms with Gasteiger partial charge in [-0.25, -0.2) is 4.99 Å². The molecule has 0 unspecified atom stereocenters. The zero-order valence-electron chi connectivity index (χ0n) is 19.2. The highest BCUT2D eigenvalue weighted by Gasteiger charge is 2.17. The molecule has 3 aliphatic heterocycles. The van der Waals surface area contributed by atoms with Crippen LogP contribution >= 0.6 is 0 Å². The molecule has 9 heteroatoms. The molecule has 0 aromatic carbocycles. The van der Waals surface area contributed by atoms with E-state index in [9.17, 15) is 0 Å². The molecule has 0 amide bonds. The maximum Gasteiger partial charge on any atom is 0.159 e. The number of rotatable bonds is 9. The van der Waals surface area contributed by atoms with E-state index in [-0.39, 0.29) is 12.2 Å². The number of hydrogen-bond donors (Lipinski definition) is 5. The largest absolute Gasteiger partial charge is 0.404 e. The number of fused-ring (bicyclic) bond motifs is 1. The fourth-order valence-electron chi connectivity index (χ4n) is 3.30. The zero-order chi connectivity index (χ0) is 23.6. The van der Waals surface area contributed by atoms with Crippen molar-refractivity contribution in [1.82, 2.24) is 10.6 Å². The maximum absolute atomic E-state index is 7.51. The number of nitrogens with one attached hydrogen (secondary N) is 3. The molecule has 0 atom stereocenters. The highest BCUT2D eigenvalue weighted by atomic mass is 16.7. The molecule has 0 spiro atoms. The summed E-state index contributed by atoms with van der Waals surface area (Å²) in [5, 5.41) is 14.1. The van der Waals surface area contributed by atoms with Crippen LogP contribution in [0, 0.1) is 11.3 Å². The Morgan fingerprint density at radius 1 is 1.27 bits per heavy atom. The van der Waals surface area contributed by atoms with E-state index in [0.29, 0.717) is 24.6 Å². The first-order valence-corrected chi connectivity index (χ1v) is 11.1. The number of dihydropyridines is 2. The predicted octanol–water partition coefficient (Wildman–Crippen LogP) is 2.34. The molecule has 3 heterocycles. The van der Waals surface area contributed by atoms with Crippen LogP contribution in [-0.2, 0) is 9.47 Å². The zero-order valence-corrected chi connectivity index (χ0v) is 19.2. The first-order chi connectivity index (χ1) is 16.0. The molecular formula is C24H33N7O2. The van der Waals surface area contributed by atoms with Gasteiger partial charge >= 0.3 is 0 Å².